The van der Waals surface area contributed by atoms with Crippen molar-refractivity contribution in [2.45, 2.75) is 13.3 Å². The average Bonchev–Trinajstić information content (AvgIpc) is 2.46. The molecule has 0 aliphatic carbocycles. The lowest BCUT2D eigenvalue weighted by molar-refractivity contribution is 0.0989. The van der Waals surface area contributed by atoms with Gasteiger partial charge in [0.2, 0.25) is 0 Å². The summed E-state index contributed by atoms with van der Waals surface area (Å²) in [5.74, 6) is 0.0187. The second kappa shape index (κ2) is 4.59. The minimum absolute atomic E-state index is 0.0187. The lowest BCUT2D eigenvalue weighted by Crippen LogP contribution is -2.07. The van der Waals surface area contributed by atoms with Crippen molar-refractivity contribution >= 4 is 37.3 Å². The molecule has 1 aromatic heterocycles. The van der Waals surface area contributed by atoms with Crippen molar-refractivity contribution in [1.29, 1.82) is 0 Å². The van der Waals surface area contributed by atoms with Gasteiger partial charge in [0.1, 0.15) is 0 Å². The molecule has 0 aliphatic rings. The fraction of sp³-hybridized carbons (Fsp3) is 0.125. The maximum atomic E-state index is 12.6. The average molecular weight is 268 g/mol. The SMILES string of the molecule is CCC(=O)c1cccc2sc3ccccc3c(=O)c12. The molecule has 3 aromatic rings. The second-order valence-electron chi connectivity index (χ2n) is 4.38. The van der Waals surface area contributed by atoms with Crippen LogP contribution in [0.15, 0.2) is 47.3 Å². The van der Waals surface area contributed by atoms with Gasteiger partial charge in [0.25, 0.3) is 0 Å². The first-order valence-electron chi connectivity index (χ1n) is 6.20. The summed E-state index contributed by atoms with van der Waals surface area (Å²) in [5.41, 5.74) is 0.508. The Labute approximate surface area is 114 Å². The molecule has 3 rings (SSSR count). The number of Topliss-reactive ketones (excluding diaryl/α,β-unsaturated/α-hetero) is 1. The van der Waals surface area contributed by atoms with E-state index in [-0.39, 0.29) is 11.2 Å². The maximum Gasteiger partial charge on any atom is 0.196 e. The zero-order valence-electron chi connectivity index (χ0n) is 10.5. The molecule has 0 saturated heterocycles. The highest BCUT2D eigenvalue weighted by molar-refractivity contribution is 7.24. The molecule has 3 heteroatoms. The van der Waals surface area contributed by atoms with Gasteiger partial charge in [-0.1, -0.05) is 31.2 Å². The number of carbonyl (C=O) groups is 1. The quantitative estimate of drug-likeness (QED) is 0.520. The van der Waals surface area contributed by atoms with Gasteiger partial charge in [0, 0.05) is 26.8 Å². The van der Waals surface area contributed by atoms with Gasteiger partial charge in [-0.2, -0.15) is 0 Å². The molecule has 0 fully saturated rings. The van der Waals surface area contributed by atoms with E-state index in [1.54, 1.807) is 17.4 Å². The van der Waals surface area contributed by atoms with Crippen LogP contribution in [0.4, 0.5) is 0 Å². The summed E-state index contributed by atoms with van der Waals surface area (Å²) in [7, 11) is 0. The summed E-state index contributed by atoms with van der Waals surface area (Å²) in [5, 5.41) is 1.26. The van der Waals surface area contributed by atoms with Crippen molar-refractivity contribution < 1.29 is 4.79 Å². The van der Waals surface area contributed by atoms with Gasteiger partial charge in [0.15, 0.2) is 11.2 Å². The van der Waals surface area contributed by atoms with Crippen molar-refractivity contribution in [3.8, 4) is 0 Å². The molecular weight excluding hydrogens is 256 g/mol. The molecule has 0 atom stereocenters. The molecule has 0 unspecified atom stereocenters. The third-order valence-electron chi connectivity index (χ3n) is 3.23. The Morgan fingerprint density at radius 2 is 1.79 bits per heavy atom. The summed E-state index contributed by atoms with van der Waals surface area (Å²) in [6, 6.07) is 13.0. The Morgan fingerprint density at radius 1 is 1.05 bits per heavy atom. The molecule has 0 spiro atoms. The molecule has 2 nitrogen and oxygen atoms in total. The normalized spacial score (nSPS) is 11.0. The fourth-order valence-electron chi connectivity index (χ4n) is 2.27. The van der Waals surface area contributed by atoms with Crippen LogP contribution in [0.1, 0.15) is 23.7 Å². The van der Waals surface area contributed by atoms with Gasteiger partial charge in [0.05, 0.1) is 5.39 Å². The molecule has 0 bridgehead atoms. The fourth-order valence-corrected chi connectivity index (χ4v) is 3.38. The van der Waals surface area contributed by atoms with E-state index in [2.05, 4.69) is 0 Å². The number of rotatable bonds is 2. The van der Waals surface area contributed by atoms with E-state index in [0.717, 1.165) is 9.40 Å². The minimum Gasteiger partial charge on any atom is -0.294 e. The Hall–Kier alpha value is -2.00. The van der Waals surface area contributed by atoms with E-state index in [1.807, 2.05) is 43.3 Å². The van der Waals surface area contributed by atoms with E-state index >= 15 is 0 Å². The van der Waals surface area contributed by atoms with Crippen molar-refractivity contribution in [3.63, 3.8) is 0 Å². The molecule has 0 aliphatic heterocycles. The van der Waals surface area contributed by atoms with Crippen LogP contribution in [-0.4, -0.2) is 5.78 Å². The topological polar surface area (TPSA) is 34.1 Å². The predicted molar refractivity (Wildman–Crippen MR) is 80.2 cm³/mol. The van der Waals surface area contributed by atoms with E-state index in [4.69, 9.17) is 0 Å². The highest BCUT2D eigenvalue weighted by Crippen LogP contribution is 2.26. The van der Waals surface area contributed by atoms with Crippen LogP contribution in [0.25, 0.3) is 20.2 Å². The number of carbonyl (C=O) groups excluding carboxylic acids is 1. The zero-order chi connectivity index (χ0) is 13.4. The van der Waals surface area contributed by atoms with Crippen molar-refractivity contribution in [2.24, 2.45) is 0 Å². The van der Waals surface area contributed by atoms with Crippen LogP contribution in [0.5, 0.6) is 0 Å². The van der Waals surface area contributed by atoms with Crippen molar-refractivity contribution in [3.05, 3.63) is 58.3 Å². The first-order chi connectivity index (χ1) is 9.22. The van der Waals surface area contributed by atoms with E-state index < -0.39 is 0 Å². The van der Waals surface area contributed by atoms with Crippen LogP contribution in [0.3, 0.4) is 0 Å². The molecule has 1 heterocycles. The number of ketones is 1. The van der Waals surface area contributed by atoms with Gasteiger partial charge < -0.3 is 0 Å². The van der Waals surface area contributed by atoms with Gasteiger partial charge in [-0.25, -0.2) is 0 Å². The van der Waals surface area contributed by atoms with Crippen LogP contribution in [-0.2, 0) is 0 Å². The molecule has 0 N–H and O–H groups in total. The second-order valence-corrected chi connectivity index (χ2v) is 5.47. The third-order valence-corrected chi connectivity index (χ3v) is 4.36. The Kier molecular flexibility index (Phi) is 2.91. The minimum atomic E-state index is -0.0400. The zero-order valence-corrected chi connectivity index (χ0v) is 11.3. The number of fused-ring (bicyclic) bond motifs is 2. The molecule has 19 heavy (non-hydrogen) atoms. The number of hydrogen-bond acceptors (Lipinski definition) is 3. The maximum absolute atomic E-state index is 12.6. The number of benzene rings is 2. The monoisotopic (exact) mass is 268 g/mol. The first-order valence-corrected chi connectivity index (χ1v) is 7.02. The summed E-state index contributed by atoms with van der Waals surface area (Å²) in [6.07, 6.45) is 0.413. The third kappa shape index (κ3) is 1.87. The van der Waals surface area contributed by atoms with Crippen LogP contribution < -0.4 is 5.43 Å². The Morgan fingerprint density at radius 3 is 2.58 bits per heavy atom. The van der Waals surface area contributed by atoms with Crippen molar-refractivity contribution in [1.82, 2.24) is 0 Å². The van der Waals surface area contributed by atoms with Gasteiger partial charge >= 0.3 is 0 Å². The molecule has 0 saturated carbocycles. The molecular formula is C16H12O2S. The van der Waals surface area contributed by atoms with Crippen LogP contribution in [0, 0.1) is 0 Å². The van der Waals surface area contributed by atoms with Crippen LogP contribution >= 0.6 is 11.3 Å². The molecule has 94 valence electrons. The Balaban J connectivity index is 2.53. The molecule has 0 amide bonds. The lowest BCUT2D eigenvalue weighted by Gasteiger charge is -2.05. The van der Waals surface area contributed by atoms with E-state index in [9.17, 15) is 9.59 Å². The molecule has 2 aromatic carbocycles. The standard InChI is InChI=1S/C16H12O2S/c1-2-12(17)10-7-5-9-14-15(10)16(18)11-6-3-4-8-13(11)19-14/h3-9H,2H2,1H3. The van der Waals surface area contributed by atoms with E-state index in [0.29, 0.717) is 22.8 Å². The summed E-state index contributed by atoms with van der Waals surface area (Å²) in [4.78, 5) is 24.6. The van der Waals surface area contributed by atoms with Gasteiger partial charge in [-0.15, -0.1) is 11.3 Å². The lowest BCUT2D eigenvalue weighted by atomic mass is 10.0. The first kappa shape index (κ1) is 12.1. The largest absolute Gasteiger partial charge is 0.294 e. The van der Waals surface area contributed by atoms with Gasteiger partial charge in [-0.05, 0) is 18.2 Å². The van der Waals surface area contributed by atoms with Gasteiger partial charge in [-0.3, -0.25) is 9.59 Å². The van der Waals surface area contributed by atoms with E-state index in [1.165, 1.54) is 0 Å². The smallest absolute Gasteiger partial charge is 0.196 e. The highest BCUT2D eigenvalue weighted by atomic mass is 32.1. The summed E-state index contributed by atoms with van der Waals surface area (Å²) < 4.78 is 1.84. The Bertz CT molecular complexity index is 846. The molecule has 0 radical (unpaired) electrons. The highest BCUT2D eigenvalue weighted by Gasteiger charge is 2.13. The summed E-state index contributed by atoms with van der Waals surface area (Å²) in [6.45, 7) is 1.82. The van der Waals surface area contributed by atoms with Crippen molar-refractivity contribution in [2.75, 3.05) is 0 Å². The van der Waals surface area contributed by atoms with Crippen LogP contribution in [0.2, 0.25) is 0 Å². The summed E-state index contributed by atoms with van der Waals surface area (Å²) >= 11 is 1.56. The number of hydrogen-bond donors (Lipinski definition) is 0. The predicted octanol–water partition coefficient (Wildman–Crippen LogP) is 4.01.